The third-order valence-corrected chi connectivity index (χ3v) is 6.37. The summed E-state index contributed by atoms with van der Waals surface area (Å²) in [6.45, 7) is 4.54. The number of nitriles is 1. The zero-order valence-electron chi connectivity index (χ0n) is 17.9. The van der Waals surface area contributed by atoms with Crippen molar-refractivity contribution in [1.29, 1.82) is 5.26 Å². The van der Waals surface area contributed by atoms with E-state index in [4.69, 9.17) is 21.1 Å². The van der Waals surface area contributed by atoms with Crippen LogP contribution in [0.5, 0.6) is 0 Å². The maximum absolute atomic E-state index is 13.3. The van der Waals surface area contributed by atoms with Gasteiger partial charge < -0.3 is 14.8 Å². The van der Waals surface area contributed by atoms with Gasteiger partial charge in [-0.1, -0.05) is 23.7 Å². The van der Waals surface area contributed by atoms with E-state index in [0.717, 1.165) is 61.1 Å². The summed E-state index contributed by atoms with van der Waals surface area (Å²) in [4.78, 5) is 13.3. The lowest BCUT2D eigenvalue weighted by atomic mass is 9.78. The van der Waals surface area contributed by atoms with Gasteiger partial charge in [-0.15, -0.1) is 0 Å². The summed E-state index contributed by atoms with van der Waals surface area (Å²) >= 11 is 6.64. The number of hydrogen-bond donors (Lipinski definition) is 1. The van der Waals surface area contributed by atoms with E-state index in [9.17, 15) is 10.1 Å². The number of rotatable bonds is 7. The molecular formula is C24H29ClN2O3. The zero-order chi connectivity index (χ0) is 21.7. The van der Waals surface area contributed by atoms with Gasteiger partial charge in [0.1, 0.15) is 12.2 Å². The summed E-state index contributed by atoms with van der Waals surface area (Å²) in [6, 6.07) is 7.57. The Bertz CT molecular complexity index is 908. The first-order valence-corrected chi connectivity index (χ1v) is 10.9. The Morgan fingerprint density at radius 3 is 2.67 bits per heavy atom. The summed E-state index contributed by atoms with van der Waals surface area (Å²) < 4.78 is 11.1. The van der Waals surface area contributed by atoms with Crippen molar-refractivity contribution < 1.29 is 14.3 Å². The van der Waals surface area contributed by atoms with E-state index in [1.54, 1.807) is 13.2 Å². The van der Waals surface area contributed by atoms with Crippen LogP contribution in [0.3, 0.4) is 0 Å². The van der Waals surface area contributed by atoms with E-state index in [-0.39, 0.29) is 18.0 Å². The van der Waals surface area contributed by atoms with Gasteiger partial charge >= 0.3 is 5.97 Å². The second kappa shape index (κ2) is 10.1. The number of esters is 1. The maximum atomic E-state index is 13.3. The fourth-order valence-corrected chi connectivity index (χ4v) is 4.75. The van der Waals surface area contributed by atoms with Crippen molar-refractivity contribution in [3.8, 4) is 6.07 Å². The van der Waals surface area contributed by atoms with Gasteiger partial charge in [-0.2, -0.15) is 5.26 Å². The molecular weight excluding hydrogens is 400 g/mol. The van der Waals surface area contributed by atoms with Crippen LogP contribution in [0.2, 0.25) is 5.02 Å². The molecule has 2 aliphatic rings. The van der Waals surface area contributed by atoms with Crippen molar-refractivity contribution in [2.24, 2.45) is 0 Å². The minimum absolute atomic E-state index is 0.0247. The van der Waals surface area contributed by atoms with Gasteiger partial charge in [0.15, 0.2) is 0 Å². The number of dihydropyridines is 1. The van der Waals surface area contributed by atoms with E-state index >= 15 is 0 Å². The van der Waals surface area contributed by atoms with Crippen molar-refractivity contribution >= 4 is 17.6 Å². The van der Waals surface area contributed by atoms with Crippen LogP contribution in [0.4, 0.5) is 0 Å². The standard InChI is InChI=1S/C24H29ClN2O3/c1-15-19(12-7-13-29-3)22(20-11-6-8-17(14-26)23(20)25)21(16(2)27-15)24(28)30-18-9-4-5-10-18/h6,8,11,18,22,27H,4-5,7,9-10,12-13H2,1-3H3. The summed E-state index contributed by atoms with van der Waals surface area (Å²) in [5.41, 5.74) is 4.60. The summed E-state index contributed by atoms with van der Waals surface area (Å²) in [6.07, 6.45) is 5.55. The molecule has 0 radical (unpaired) electrons. The fraction of sp³-hybridized carbons (Fsp3) is 0.500. The Morgan fingerprint density at radius 2 is 2.00 bits per heavy atom. The highest BCUT2D eigenvalue weighted by atomic mass is 35.5. The number of ether oxygens (including phenoxy) is 2. The van der Waals surface area contributed by atoms with Gasteiger partial charge in [0.05, 0.1) is 16.2 Å². The molecule has 1 aliphatic carbocycles. The predicted molar refractivity (Wildman–Crippen MR) is 117 cm³/mol. The highest BCUT2D eigenvalue weighted by Crippen LogP contribution is 2.44. The van der Waals surface area contributed by atoms with Crippen LogP contribution in [0.25, 0.3) is 0 Å². The highest BCUT2D eigenvalue weighted by molar-refractivity contribution is 6.32. The van der Waals surface area contributed by atoms with Gasteiger partial charge in [0, 0.05) is 31.0 Å². The molecule has 1 unspecified atom stereocenters. The molecule has 3 rings (SSSR count). The van der Waals surface area contributed by atoms with Crippen LogP contribution in [-0.4, -0.2) is 25.8 Å². The van der Waals surface area contributed by atoms with Crippen LogP contribution in [0.1, 0.15) is 69.4 Å². The first-order valence-electron chi connectivity index (χ1n) is 10.5. The topological polar surface area (TPSA) is 71.3 Å². The fourth-order valence-electron chi connectivity index (χ4n) is 4.47. The number of nitrogens with zero attached hydrogens (tertiary/aromatic N) is 1. The van der Waals surface area contributed by atoms with Gasteiger partial charge in [0.25, 0.3) is 0 Å². The number of allylic oxidation sites excluding steroid dienone is 3. The van der Waals surface area contributed by atoms with E-state index in [2.05, 4.69) is 11.4 Å². The molecule has 1 saturated carbocycles. The second-order valence-corrected chi connectivity index (χ2v) is 8.35. The van der Waals surface area contributed by atoms with Crippen LogP contribution < -0.4 is 5.32 Å². The molecule has 1 heterocycles. The van der Waals surface area contributed by atoms with Crippen molar-refractivity contribution in [2.45, 2.75) is 64.4 Å². The number of benzene rings is 1. The van der Waals surface area contributed by atoms with Crippen LogP contribution in [0, 0.1) is 11.3 Å². The quantitative estimate of drug-likeness (QED) is 0.467. The number of halogens is 1. The average molecular weight is 429 g/mol. The average Bonchev–Trinajstić information content (AvgIpc) is 3.22. The minimum atomic E-state index is -0.349. The Kier molecular flexibility index (Phi) is 7.58. The Balaban J connectivity index is 2.05. The molecule has 0 saturated heterocycles. The third-order valence-electron chi connectivity index (χ3n) is 5.95. The molecule has 1 aromatic rings. The van der Waals surface area contributed by atoms with E-state index < -0.39 is 0 Å². The van der Waals surface area contributed by atoms with Crippen molar-refractivity contribution in [2.75, 3.05) is 13.7 Å². The lowest BCUT2D eigenvalue weighted by Crippen LogP contribution is -2.30. The van der Waals surface area contributed by atoms with E-state index in [1.165, 1.54) is 0 Å². The van der Waals surface area contributed by atoms with Gasteiger partial charge in [0.2, 0.25) is 0 Å². The number of methoxy groups -OCH3 is 1. The summed E-state index contributed by atoms with van der Waals surface area (Å²) in [5.74, 6) is -0.648. The summed E-state index contributed by atoms with van der Waals surface area (Å²) in [5, 5.41) is 13.2. The second-order valence-electron chi connectivity index (χ2n) is 7.98. The molecule has 0 aromatic heterocycles. The first kappa shape index (κ1) is 22.4. The van der Waals surface area contributed by atoms with Crippen LogP contribution in [-0.2, 0) is 14.3 Å². The third kappa shape index (κ3) is 4.71. The van der Waals surface area contributed by atoms with Gasteiger partial charge in [-0.3, -0.25) is 0 Å². The van der Waals surface area contributed by atoms with Gasteiger partial charge in [-0.05, 0) is 69.6 Å². The molecule has 30 heavy (non-hydrogen) atoms. The molecule has 5 nitrogen and oxygen atoms in total. The molecule has 1 aliphatic heterocycles. The van der Waals surface area contributed by atoms with Crippen LogP contribution in [0.15, 0.2) is 40.7 Å². The van der Waals surface area contributed by atoms with Crippen molar-refractivity contribution in [3.63, 3.8) is 0 Å². The monoisotopic (exact) mass is 428 g/mol. The molecule has 0 bridgehead atoms. The predicted octanol–water partition coefficient (Wildman–Crippen LogP) is 5.36. The van der Waals surface area contributed by atoms with Crippen LogP contribution >= 0.6 is 11.6 Å². The number of hydrogen-bond acceptors (Lipinski definition) is 5. The number of nitrogens with one attached hydrogen (secondary N) is 1. The molecule has 0 amide bonds. The Morgan fingerprint density at radius 1 is 1.27 bits per heavy atom. The van der Waals surface area contributed by atoms with E-state index in [1.807, 2.05) is 26.0 Å². The zero-order valence-corrected chi connectivity index (χ0v) is 18.6. The Hall–Kier alpha value is -2.29. The lowest BCUT2D eigenvalue weighted by Gasteiger charge is -2.33. The highest BCUT2D eigenvalue weighted by Gasteiger charge is 2.36. The molecule has 6 heteroatoms. The molecule has 1 aromatic carbocycles. The van der Waals surface area contributed by atoms with Crippen molar-refractivity contribution in [3.05, 3.63) is 56.9 Å². The number of carbonyl (C=O) groups is 1. The maximum Gasteiger partial charge on any atom is 0.337 e. The largest absolute Gasteiger partial charge is 0.459 e. The molecule has 0 spiro atoms. The summed E-state index contributed by atoms with van der Waals surface area (Å²) in [7, 11) is 1.68. The number of carbonyl (C=O) groups excluding carboxylic acids is 1. The van der Waals surface area contributed by atoms with E-state index in [0.29, 0.717) is 22.8 Å². The molecule has 1 atom stereocenters. The normalized spacial score (nSPS) is 19.6. The SMILES string of the molecule is COCCCC1=C(C)NC(C)=C(C(=O)OC2CCCC2)C1c1cccc(C#N)c1Cl. The first-order chi connectivity index (χ1) is 14.5. The smallest absolute Gasteiger partial charge is 0.337 e. The van der Waals surface area contributed by atoms with Gasteiger partial charge in [-0.25, -0.2) is 4.79 Å². The minimum Gasteiger partial charge on any atom is -0.459 e. The molecule has 160 valence electrons. The molecule has 1 fully saturated rings. The lowest BCUT2D eigenvalue weighted by molar-refractivity contribution is -0.144. The molecule has 1 N–H and O–H groups in total. The van der Waals surface area contributed by atoms with Crippen molar-refractivity contribution in [1.82, 2.24) is 5.32 Å². The Labute approximate surface area is 183 Å².